The normalized spacial score (nSPS) is 11.0. The van der Waals surface area contributed by atoms with E-state index in [0.29, 0.717) is 5.56 Å². The fourth-order valence-corrected chi connectivity index (χ4v) is 3.19. The standard InChI is InChI=1S/C21H28O2/c1-3-5-7-9-16-11-14-19-18(15-16)13-12-17(10-8-6-4-2)20(19)21(22)23/h11-15H,3-10H2,1-2H3,(H,22,23). The van der Waals surface area contributed by atoms with Crippen LogP contribution in [0.25, 0.3) is 10.8 Å². The van der Waals surface area contributed by atoms with Crippen LogP contribution in [0.4, 0.5) is 0 Å². The number of hydrogen-bond donors (Lipinski definition) is 1. The zero-order chi connectivity index (χ0) is 16.7. The monoisotopic (exact) mass is 312 g/mol. The van der Waals surface area contributed by atoms with Gasteiger partial charge in [-0.3, -0.25) is 0 Å². The Kier molecular flexibility index (Phi) is 6.64. The number of aryl methyl sites for hydroxylation is 2. The van der Waals surface area contributed by atoms with Crippen molar-refractivity contribution in [3.05, 3.63) is 47.0 Å². The van der Waals surface area contributed by atoms with Gasteiger partial charge in [-0.05, 0) is 47.6 Å². The van der Waals surface area contributed by atoms with Crippen LogP contribution in [0.2, 0.25) is 0 Å². The molecule has 0 saturated heterocycles. The number of rotatable bonds is 9. The first-order valence-electron chi connectivity index (χ1n) is 8.95. The number of carboxylic acids is 1. The van der Waals surface area contributed by atoms with Crippen molar-refractivity contribution in [3.63, 3.8) is 0 Å². The summed E-state index contributed by atoms with van der Waals surface area (Å²) in [5.41, 5.74) is 2.77. The van der Waals surface area contributed by atoms with Gasteiger partial charge in [0.05, 0.1) is 5.56 Å². The average molecular weight is 312 g/mol. The molecule has 0 saturated carbocycles. The summed E-state index contributed by atoms with van der Waals surface area (Å²) in [5, 5.41) is 11.6. The van der Waals surface area contributed by atoms with E-state index in [1.165, 1.54) is 24.8 Å². The van der Waals surface area contributed by atoms with Gasteiger partial charge in [0.25, 0.3) is 0 Å². The van der Waals surface area contributed by atoms with Gasteiger partial charge in [0.1, 0.15) is 0 Å². The zero-order valence-corrected chi connectivity index (χ0v) is 14.4. The molecule has 2 aromatic rings. The summed E-state index contributed by atoms with van der Waals surface area (Å²) >= 11 is 0. The summed E-state index contributed by atoms with van der Waals surface area (Å²) in [7, 11) is 0. The van der Waals surface area contributed by atoms with Crippen LogP contribution in [0, 0.1) is 0 Å². The molecule has 2 rings (SSSR count). The molecule has 2 heteroatoms. The first-order chi connectivity index (χ1) is 11.2. The van der Waals surface area contributed by atoms with Gasteiger partial charge < -0.3 is 5.11 Å². The number of aromatic carboxylic acids is 1. The van der Waals surface area contributed by atoms with Crippen LogP contribution < -0.4 is 0 Å². The highest BCUT2D eigenvalue weighted by Gasteiger charge is 2.14. The molecular formula is C21H28O2. The van der Waals surface area contributed by atoms with Crippen molar-refractivity contribution in [2.75, 3.05) is 0 Å². The molecular weight excluding hydrogens is 284 g/mol. The highest BCUT2D eigenvalue weighted by Crippen LogP contribution is 2.26. The molecule has 124 valence electrons. The number of fused-ring (bicyclic) bond motifs is 1. The van der Waals surface area contributed by atoms with Gasteiger partial charge in [0, 0.05) is 0 Å². The van der Waals surface area contributed by atoms with E-state index in [0.717, 1.165) is 48.4 Å². The maximum Gasteiger partial charge on any atom is 0.336 e. The van der Waals surface area contributed by atoms with Crippen LogP contribution in [0.3, 0.4) is 0 Å². The largest absolute Gasteiger partial charge is 0.478 e. The molecule has 2 nitrogen and oxygen atoms in total. The molecule has 0 spiro atoms. The Hall–Kier alpha value is -1.83. The van der Waals surface area contributed by atoms with Gasteiger partial charge >= 0.3 is 5.97 Å². The van der Waals surface area contributed by atoms with Crippen molar-refractivity contribution in [2.24, 2.45) is 0 Å². The fraction of sp³-hybridized carbons (Fsp3) is 0.476. The van der Waals surface area contributed by atoms with Crippen LogP contribution in [0.1, 0.15) is 73.9 Å². The summed E-state index contributed by atoms with van der Waals surface area (Å²) in [4.78, 5) is 11.8. The molecule has 23 heavy (non-hydrogen) atoms. The smallest absolute Gasteiger partial charge is 0.336 e. The predicted octanol–water partition coefficient (Wildman–Crippen LogP) is 6.00. The van der Waals surface area contributed by atoms with Crippen molar-refractivity contribution in [3.8, 4) is 0 Å². The maximum atomic E-state index is 11.8. The molecule has 0 heterocycles. The molecule has 0 bridgehead atoms. The molecule has 0 atom stereocenters. The van der Waals surface area contributed by atoms with Crippen LogP contribution in [0.5, 0.6) is 0 Å². The van der Waals surface area contributed by atoms with Gasteiger partial charge in [-0.2, -0.15) is 0 Å². The van der Waals surface area contributed by atoms with Crippen molar-refractivity contribution in [2.45, 2.75) is 65.2 Å². The van der Waals surface area contributed by atoms with E-state index in [4.69, 9.17) is 0 Å². The second-order valence-electron chi connectivity index (χ2n) is 6.37. The number of carboxylic acid groups (broad SMARTS) is 1. The second-order valence-corrected chi connectivity index (χ2v) is 6.37. The van der Waals surface area contributed by atoms with Crippen molar-refractivity contribution < 1.29 is 9.90 Å². The molecule has 1 N–H and O–H groups in total. The van der Waals surface area contributed by atoms with Gasteiger partial charge in [0.15, 0.2) is 0 Å². The highest BCUT2D eigenvalue weighted by molar-refractivity contribution is 6.05. The Morgan fingerprint density at radius 1 is 0.913 bits per heavy atom. The summed E-state index contributed by atoms with van der Waals surface area (Å²) in [6.45, 7) is 4.37. The molecule has 0 aliphatic carbocycles. The van der Waals surface area contributed by atoms with E-state index in [1.54, 1.807) is 0 Å². The third-order valence-electron chi connectivity index (χ3n) is 4.50. The van der Waals surface area contributed by atoms with Crippen molar-refractivity contribution >= 4 is 16.7 Å². The molecule has 0 aliphatic rings. The maximum absolute atomic E-state index is 11.8. The van der Waals surface area contributed by atoms with E-state index < -0.39 is 5.97 Å². The lowest BCUT2D eigenvalue weighted by atomic mass is 9.93. The lowest BCUT2D eigenvalue weighted by Gasteiger charge is -2.11. The van der Waals surface area contributed by atoms with Crippen LogP contribution >= 0.6 is 0 Å². The molecule has 0 unspecified atom stereocenters. The summed E-state index contributed by atoms with van der Waals surface area (Å²) in [6, 6.07) is 10.4. The molecule has 0 amide bonds. The van der Waals surface area contributed by atoms with E-state index in [2.05, 4.69) is 32.0 Å². The van der Waals surface area contributed by atoms with E-state index in [9.17, 15) is 9.90 Å². The lowest BCUT2D eigenvalue weighted by Crippen LogP contribution is -2.04. The van der Waals surface area contributed by atoms with Gasteiger partial charge in [-0.1, -0.05) is 69.9 Å². The number of benzene rings is 2. The minimum atomic E-state index is -0.805. The van der Waals surface area contributed by atoms with Crippen molar-refractivity contribution in [1.29, 1.82) is 0 Å². The predicted molar refractivity (Wildman–Crippen MR) is 97.4 cm³/mol. The topological polar surface area (TPSA) is 37.3 Å². The summed E-state index contributed by atoms with van der Waals surface area (Å²) < 4.78 is 0. The number of hydrogen-bond acceptors (Lipinski definition) is 1. The Morgan fingerprint density at radius 3 is 2.26 bits per heavy atom. The molecule has 0 aliphatic heterocycles. The number of unbranched alkanes of at least 4 members (excludes halogenated alkanes) is 4. The third-order valence-corrected chi connectivity index (χ3v) is 4.50. The van der Waals surface area contributed by atoms with E-state index in [1.807, 2.05) is 12.1 Å². The van der Waals surface area contributed by atoms with Crippen LogP contribution in [-0.2, 0) is 12.8 Å². The van der Waals surface area contributed by atoms with E-state index >= 15 is 0 Å². The Balaban J connectivity index is 2.31. The Morgan fingerprint density at radius 2 is 1.61 bits per heavy atom. The molecule has 2 aromatic carbocycles. The zero-order valence-electron chi connectivity index (χ0n) is 14.4. The summed E-state index contributed by atoms with van der Waals surface area (Å²) in [5.74, 6) is -0.805. The van der Waals surface area contributed by atoms with Crippen LogP contribution in [0.15, 0.2) is 30.3 Å². The molecule has 0 fully saturated rings. The number of carbonyl (C=O) groups is 1. The Labute approximate surface area is 139 Å². The Bertz CT molecular complexity index is 658. The third kappa shape index (κ3) is 4.57. The van der Waals surface area contributed by atoms with Crippen LogP contribution in [-0.4, -0.2) is 11.1 Å². The molecule has 0 aromatic heterocycles. The first-order valence-corrected chi connectivity index (χ1v) is 8.95. The van der Waals surface area contributed by atoms with Gasteiger partial charge in [-0.25, -0.2) is 4.79 Å². The minimum Gasteiger partial charge on any atom is -0.478 e. The minimum absolute atomic E-state index is 0.499. The fourth-order valence-electron chi connectivity index (χ4n) is 3.19. The quantitative estimate of drug-likeness (QED) is 0.576. The lowest BCUT2D eigenvalue weighted by molar-refractivity contribution is 0.0698. The van der Waals surface area contributed by atoms with E-state index in [-0.39, 0.29) is 0 Å². The first kappa shape index (κ1) is 17.5. The highest BCUT2D eigenvalue weighted by atomic mass is 16.4. The van der Waals surface area contributed by atoms with Gasteiger partial charge in [-0.15, -0.1) is 0 Å². The average Bonchev–Trinajstić information content (AvgIpc) is 2.54. The van der Waals surface area contributed by atoms with Crippen molar-refractivity contribution in [1.82, 2.24) is 0 Å². The summed E-state index contributed by atoms with van der Waals surface area (Å²) in [6.07, 6.45) is 8.94. The second kappa shape index (κ2) is 8.71. The molecule has 0 radical (unpaired) electrons. The van der Waals surface area contributed by atoms with Gasteiger partial charge in [0.2, 0.25) is 0 Å². The SMILES string of the molecule is CCCCCc1ccc2c(C(=O)O)c(CCCCC)ccc2c1.